The van der Waals surface area contributed by atoms with Crippen molar-refractivity contribution in [3.63, 3.8) is 0 Å². The maximum atomic E-state index is 10.3. The van der Waals surface area contributed by atoms with Crippen molar-refractivity contribution in [3.05, 3.63) is 29.8 Å². The smallest absolute Gasteiger partial charge is 0.119 e. The van der Waals surface area contributed by atoms with Gasteiger partial charge in [-0.1, -0.05) is 19.1 Å². The molecule has 2 heteroatoms. The Labute approximate surface area is 96.2 Å². The van der Waals surface area contributed by atoms with Gasteiger partial charge in [0.1, 0.15) is 5.75 Å². The van der Waals surface area contributed by atoms with Gasteiger partial charge in [-0.05, 0) is 49.3 Å². The Morgan fingerprint density at radius 1 is 1.19 bits per heavy atom. The van der Waals surface area contributed by atoms with Crippen LogP contribution in [0.25, 0.3) is 0 Å². The fourth-order valence-electron chi connectivity index (χ4n) is 2.55. The highest BCUT2D eigenvalue weighted by atomic mass is 16.5. The minimum absolute atomic E-state index is 0.442. The standard InChI is InChI=1S/C14H18O2/c1-10-8-14(15,9-10)11-2-4-12(5-3-11)16-13-6-7-13/h2-5,10,13,15H,6-9H2,1H3. The quantitative estimate of drug-likeness (QED) is 0.845. The van der Waals surface area contributed by atoms with E-state index in [0.717, 1.165) is 24.2 Å². The van der Waals surface area contributed by atoms with E-state index in [4.69, 9.17) is 4.74 Å². The van der Waals surface area contributed by atoms with Crippen LogP contribution in [0.2, 0.25) is 0 Å². The number of aliphatic hydroxyl groups is 1. The maximum absolute atomic E-state index is 10.3. The molecule has 2 aliphatic rings. The van der Waals surface area contributed by atoms with Crippen molar-refractivity contribution >= 4 is 0 Å². The van der Waals surface area contributed by atoms with Crippen molar-refractivity contribution < 1.29 is 9.84 Å². The molecule has 0 aliphatic heterocycles. The summed E-state index contributed by atoms with van der Waals surface area (Å²) in [5, 5.41) is 10.3. The monoisotopic (exact) mass is 218 g/mol. The van der Waals surface area contributed by atoms with Gasteiger partial charge in [0.15, 0.2) is 0 Å². The molecular formula is C14H18O2. The molecule has 1 N–H and O–H groups in total. The van der Waals surface area contributed by atoms with Crippen LogP contribution in [0, 0.1) is 5.92 Å². The van der Waals surface area contributed by atoms with Crippen LogP contribution in [0.3, 0.4) is 0 Å². The summed E-state index contributed by atoms with van der Waals surface area (Å²) in [5.41, 5.74) is 0.464. The number of benzene rings is 1. The summed E-state index contributed by atoms with van der Waals surface area (Å²) < 4.78 is 5.68. The van der Waals surface area contributed by atoms with E-state index in [1.807, 2.05) is 24.3 Å². The van der Waals surface area contributed by atoms with E-state index in [2.05, 4.69) is 6.92 Å². The van der Waals surface area contributed by atoms with Crippen LogP contribution in [0.5, 0.6) is 5.75 Å². The van der Waals surface area contributed by atoms with Crippen LogP contribution in [0.1, 0.15) is 38.2 Å². The first-order chi connectivity index (χ1) is 7.66. The summed E-state index contributed by atoms with van der Waals surface area (Å²) >= 11 is 0. The Morgan fingerprint density at radius 3 is 2.31 bits per heavy atom. The van der Waals surface area contributed by atoms with Gasteiger partial charge < -0.3 is 9.84 Å². The zero-order chi connectivity index (χ0) is 11.2. The van der Waals surface area contributed by atoms with E-state index >= 15 is 0 Å². The van der Waals surface area contributed by atoms with Gasteiger partial charge in [-0.25, -0.2) is 0 Å². The molecule has 2 aliphatic carbocycles. The molecule has 1 aromatic carbocycles. The number of hydrogen-bond acceptors (Lipinski definition) is 2. The lowest BCUT2D eigenvalue weighted by atomic mass is 9.68. The lowest BCUT2D eigenvalue weighted by molar-refractivity contribution is -0.0738. The van der Waals surface area contributed by atoms with Gasteiger partial charge in [0.05, 0.1) is 11.7 Å². The third-order valence-electron chi connectivity index (χ3n) is 3.59. The number of hydrogen-bond donors (Lipinski definition) is 1. The molecule has 0 saturated heterocycles. The maximum Gasteiger partial charge on any atom is 0.119 e. The lowest BCUT2D eigenvalue weighted by Crippen LogP contribution is -2.39. The van der Waals surface area contributed by atoms with Gasteiger partial charge in [-0.15, -0.1) is 0 Å². The summed E-state index contributed by atoms with van der Waals surface area (Å²) in [5.74, 6) is 1.58. The zero-order valence-electron chi connectivity index (χ0n) is 9.65. The second-order valence-electron chi connectivity index (χ2n) is 5.39. The molecule has 86 valence electrons. The van der Waals surface area contributed by atoms with Crippen molar-refractivity contribution in [2.75, 3.05) is 0 Å². The normalized spacial score (nSPS) is 33.2. The average Bonchev–Trinajstić information content (AvgIpc) is 3.01. The van der Waals surface area contributed by atoms with E-state index in [0.29, 0.717) is 12.0 Å². The van der Waals surface area contributed by atoms with Crippen LogP contribution in [0.4, 0.5) is 0 Å². The molecular weight excluding hydrogens is 200 g/mol. The highest BCUT2D eigenvalue weighted by molar-refractivity contribution is 5.32. The predicted molar refractivity (Wildman–Crippen MR) is 62.4 cm³/mol. The number of ether oxygens (including phenoxy) is 1. The molecule has 0 atom stereocenters. The van der Waals surface area contributed by atoms with E-state index < -0.39 is 5.60 Å². The third kappa shape index (κ3) is 1.82. The van der Waals surface area contributed by atoms with E-state index in [-0.39, 0.29) is 0 Å². The molecule has 16 heavy (non-hydrogen) atoms. The van der Waals surface area contributed by atoms with Gasteiger partial charge in [0.2, 0.25) is 0 Å². The van der Waals surface area contributed by atoms with Gasteiger partial charge in [-0.3, -0.25) is 0 Å². The summed E-state index contributed by atoms with van der Waals surface area (Å²) in [6, 6.07) is 7.97. The van der Waals surface area contributed by atoms with Gasteiger partial charge in [-0.2, -0.15) is 0 Å². The summed E-state index contributed by atoms with van der Waals surface area (Å²) in [7, 11) is 0. The van der Waals surface area contributed by atoms with Crippen LogP contribution in [-0.2, 0) is 5.60 Å². The Kier molecular flexibility index (Phi) is 2.21. The molecule has 3 rings (SSSR count). The largest absolute Gasteiger partial charge is 0.490 e. The zero-order valence-corrected chi connectivity index (χ0v) is 9.65. The van der Waals surface area contributed by atoms with Crippen molar-refractivity contribution in [2.24, 2.45) is 5.92 Å². The van der Waals surface area contributed by atoms with Crippen molar-refractivity contribution in [1.29, 1.82) is 0 Å². The Balaban J connectivity index is 1.71. The van der Waals surface area contributed by atoms with Crippen LogP contribution < -0.4 is 4.74 Å². The van der Waals surface area contributed by atoms with E-state index in [9.17, 15) is 5.11 Å². The fraction of sp³-hybridized carbons (Fsp3) is 0.571. The first-order valence-electron chi connectivity index (χ1n) is 6.15. The molecule has 2 nitrogen and oxygen atoms in total. The number of rotatable bonds is 3. The van der Waals surface area contributed by atoms with E-state index in [1.165, 1.54) is 12.8 Å². The summed E-state index contributed by atoms with van der Waals surface area (Å²) in [4.78, 5) is 0. The molecule has 0 heterocycles. The van der Waals surface area contributed by atoms with Crippen LogP contribution in [-0.4, -0.2) is 11.2 Å². The summed E-state index contributed by atoms with van der Waals surface area (Å²) in [6.07, 6.45) is 4.58. The highest BCUT2D eigenvalue weighted by Crippen LogP contribution is 2.45. The predicted octanol–water partition coefficient (Wildman–Crippen LogP) is 2.85. The topological polar surface area (TPSA) is 29.5 Å². The molecule has 1 aromatic rings. The SMILES string of the molecule is CC1CC(O)(c2ccc(OC3CC3)cc2)C1. The molecule has 0 unspecified atom stereocenters. The van der Waals surface area contributed by atoms with Gasteiger partial charge >= 0.3 is 0 Å². The van der Waals surface area contributed by atoms with Crippen molar-refractivity contribution in [2.45, 2.75) is 44.3 Å². The minimum atomic E-state index is -0.572. The Bertz CT molecular complexity index is 372. The minimum Gasteiger partial charge on any atom is -0.490 e. The molecule has 2 saturated carbocycles. The molecule has 0 spiro atoms. The third-order valence-corrected chi connectivity index (χ3v) is 3.59. The average molecular weight is 218 g/mol. The molecule has 0 amide bonds. The molecule has 0 aromatic heterocycles. The molecule has 2 fully saturated rings. The second-order valence-corrected chi connectivity index (χ2v) is 5.39. The molecule has 0 bridgehead atoms. The fourth-order valence-corrected chi connectivity index (χ4v) is 2.55. The first-order valence-corrected chi connectivity index (χ1v) is 6.15. The van der Waals surface area contributed by atoms with Gasteiger partial charge in [0.25, 0.3) is 0 Å². The second kappa shape index (κ2) is 3.49. The van der Waals surface area contributed by atoms with Gasteiger partial charge in [0, 0.05) is 0 Å². The Morgan fingerprint density at radius 2 is 1.81 bits per heavy atom. The van der Waals surface area contributed by atoms with Crippen LogP contribution in [0.15, 0.2) is 24.3 Å². The Hall–Kier alpha value is -1.02. The summed E-state index contributed by atoms with van der Waals surface area (Å²) in [6.45, 7) is 2.18. The highest BCUT2D eigenvalue weighted by Gasteiger charge is 2.41. The van der Waals surface area contributed by atoms with E-state index in [1.54, 1.807) is 0 Å². The van der Waals surface area contributed by atoms with Crippen molar-refractivity contribution in [3.8, 4) is 5.75 Å². The van der Waals surface area contributed by atoms with Crippen molar-refractivity contribution in [1.82, 2.24) is 0 Å². The molecule has 0 radical (unpaired) electrons. The lowest BCUT2D eigenvalue weighted by Gasteiger charge is -2.42. The van der Waals surface area contributed by atoms with Crippen LogP contribution >= 0.6 is 0 Å². The first kappa shape index (κ1) is 10.2.